The number of esters is 1. The lowest BCUT2D eigenvalue weighted by Crippen LogP contribution is -2.57. The lowest BCUT2D eigenvalue weighted by atomic mass is 9.61. The van der Waals surface area contributed by atoms with Crippen LogP contribution < -0.4 is 0 Å². The van der Waals surface area contributed by atoms with Gasteiger partial charge in [-0.1, -0.05) is 32.9 Å². The molecule has 4 aliphatic carbocycles. The van der Waals surface area contributed by atoms with Gasteiger partial charge in [-0.3, -0.25) is 4.79 Å². The van der Waals surface area contributed by atoms with Crippen molar-refractivity contribution in [3.63, 3.8) is 0 Å². The summed E-state index contributed by atoms with van der Waals surface area (Å²) in [7, 11) is 0. The number of carbonyl (C=O) groups is 1. The van der Waals surface area contributed by atoms with Crippen LogP contribution in [-0.4, -0.2) is 55.9 Å². The molecular formula is C23H36O6. The molecule has 164 valence electrons. The Hall–Kier alpha value is -0.950. The first kappa shape index (κ1) is 21.3. The van der Waals surface area contributed by atoms with Crippen LogP contribution in [0.3, 0.4) is 0 Å². The van der Waals surface area contributed by atoms with Gasteiger partial charge in [0.05, 0.1) is 17.8 Å². The average Bonchev–Trinajstić information content (AvgIpc) is 2.86. The van der Waals surface area contributed by atoms with Gasteiger partial charge < -0.3 is 25.2 Å². The maximum Gasteiger partial charge on any atom is 0.305 e. The van der Waals surface area contributed by atoms with Crippen molar-refractivity contribution >= 4 is 5.97 Å². The molecule has 6 heteroatoms. The number of rotatable bonds is 2. The Labute approximate surface area is 173 Å². The third kappa shape index (κ3) is 2.52. The van der Waals surface area contributed by atoms with E-state index in [2.05, 4.69) is 6.58 Å². The lowest BCUT2D eigenvalue weighted by Gasteiger charge is -2.47. The number of carbonyl (C=O) groups excluding carboxylic acids is 1. The molecule has 9 unspecified atom stereocenters. The molecule has 6 nitrogen and oxygen atoms in total. The SMILES string of the molecule is C=C1C2CCC3C(OC(=O)CC)C2(CC(O)C2(O)C1CC(O)C2(C)C)CC3(C)O. The fraction of sp³-hybridized carbons (Fsp3) is 0.870. The predicted octanol–water partition coefficient (Wildman–Crippen LogP) is 1.93. The molecule has 4 saturated carbocycles. The van der Waals surface area contributed by atoms with E-state index in [1.54, 1.807) is 27.7 Å². The number of hydrogen-bond donors (Lipinski definition) is 4. The van der Waals surface area contributed by atoms with Crippen LogP contribution in [0.4, 0.5) is 0 Å². The molecule has 0 heterocycles. The van der Waals surface area contributed by atoms with Crippen LogP contribution in [0.1, 0.15) is 66.2 Å². The van der Waals surface area contributed by atoms with Gasteiger partial charge in [0.2, 0.25) is 0 Å². The molecule has 0 amide bonds. The van der Waals surface area contributed by atoms with Crippen molar-refractivity contribution < 1.29 is 30.0 Å². The standard InChI is InChI=1S/C23H36O6/c1-6-18(26)29-19-14-8-7-13-12(2)15-9-16(24)20(3,4)23(15,28)17(25)10-22(13,19)11-21(14,5)27/h13-17,19,24-25,27-28H,2,6-11H2,1,3-5H3. The van der Waals surface area contributed by atoms with E-state index in [0.717, 1.165) is 12.0 Å². The summed E-state index contributed by atoms with van der Waals surface area (Å²) in [5.74, 6) is -1.02. The summed E-state index contributed by atoms with van der Waals surface area (Å²) in [6.07, 6.45) is 0.333. The van der Waals surface area contributed by atoms with Gasteiger partial charge in [0, 0.05) is 29.1 Å². The van der Waals surface area contributed by atoms with Crippen LogP contribution in [0.5, 0.6) is 0 Å². The first-order valence-corrected chi connectivity index (χ1v) is 11.0. The molecule has 0 radical (unpaired) electrons. The number of ether oxygens (including phenoxy) is 1. The van der Waals surface area contributed by atoms with Gasteiger partial charge in [0.25, 0.3) is 0 Å². The summed E-state index contributed by atoms with van der Waals surface area (Å²) in [6, 6.07) is 0. The molecule has 29 heavy (non-hydrogen) atoms. The van der Waals surface area contributed by atoms with Crippen molar-refractivity contribution in [1.82, 2.24) is 0 Å². The van der Waals surface area contributed by atoms with Gasteiger partial charge in [-0.2, -0.15) is 0 Å². The molecule has 4 rings (SSSR count). The molecule has 0 aromatic rings. The van der Waals surface area contributed by atoms with E-state index in [0.29, 0.717) is 19.3 Å². The van der Waals surface area contributed by atoms with Crippen LogP contribution in [-0.2, 0) is 9.53 Å². The Morgan fingerprint density at radius 3 is 2.41 bits per heavy atom. The van der Waals surface area contributed by atoms with Crippen molar-refractivity contribution in [3.05, 3.63) is 12.2 Å². The Kier molecular flexibility index (Phi) is 4.61. The zero-order valence-corrected chi connectivity index (χ0v) is 18.0. The van der Waals surface area contributed by atoms with Gasteiger partial charge in [-0.05, 0) is 44.9 Å². The molecule has 0 aliphatic heterocycles. The molecule has 4 fully saturated rings. The first-order valence-electron chi connectivity index (χ1n) is 11.0. The Bertz CT molecular complexity index is 729. The zero-order valence-electron chi connectivity index (χ0n) is 18.0. The Morgan fingerprint density at radius 1 is 1.14 bits per heavy atom. The second-order valence-electron chi connectivity index (χ2n) is 10.9. The summed E-state index contributed by atoms with van der Waals surface area (Å²) in [5, 5.41) is 45.1. The maximum absolute atomic E-state index is 12.3. The summed E-state index contributed by atoms with van der Waals surface area (Å²) in [4.78, 5) is 12.3. The van der Waals surface area contributed by atoms with Crippen LogP contribution in [0.25, 0.3) is 0 Å². The molecular weight excluding hydrogens is 372 g/mol. The van der Waals surface area contributed by atoms with Gasteiger partial charge in [-0.15, -0.1) is 0 Å². The van der Waals surface area contributed by atoms with E-state index in [9.17, 15) is 25.2 Å². The van der Waals surface area contributed by atoms with Crippen molar-refractivity contribution in [1.29, 1.82) is 0 Å². The van der Waals surface area contributed by atoms with Crippen molar-refractivity contribution in [2.24, 2.45) is 28.6 Å². The summed E-state index contributed by atoms with van der Waals surface area (Å²) < 4.78 is 5.92. The van der Waals surface area contributed by atoms with Crippen LogP contribution in [0.15, 0.2) is 12.2 Å². The van der Waals surface area contributed by atoms with E-state index in [1.807, 2.05) is 0 Å². The zero-order chi connectivity index (χ0) is 21.6. The second-order valence-corrected chi connectivity index (χ2v) is 10.9. The number of hydrogen-bond acceptors (Lipinski definition) is 6. The third-order valence-electron chi connectivity index (χ3n) is 9.26. The highest BCUT2D eigenvalue weighted by Crippen LogP contribution is 2.69. The summed E-state index contributed by atoms with van der Waals surface area (Å²) >= 11 is 0. The normalized spacial score (nSPS) is 53.2. The fourth-order valence-corrected chi connectivity index (χ4v) is 7.62. The molecule has 4 N–H and O–H groups in total. The highest BCUT2D eigenvalue weighted by Gasteiger charge is 2.73. The topological polar surface area (TPSA) is 107 Å². The van der Waals surface area contributed by atoms with Gasteiger partial charge in [-0.25, -0.2) is 0 Å². The highest BCUT2D eigenvalue weighted by molar-refractivity contribution is 5.69. The number of fused-ring (bicyclic) bond motifs is 2. The van der Waals surface area contributed by atoms with E-state index >= 15 is 0 Å². The molecule has 0 saturated heterocycles. The second kappa shape index (κ2) is 6.28. The maximum atomic E-state index is 12.3. The fourth-order valence-electron chi connectivity index (χ4n) is 7.62. The molecule has 0 aromatic carbocycles. The summed E-state index contributed by atoms with van der Waals surface area (Å²) in [5.41, 5.74) is -3.26. The smallest absolute Gasteiger partial charge is 0.305 e. The number of aliphatic hydroxyl groups excluding tert-OH is 2. The van der Waals surface area contributed by atoms with Gasteiger partial charge in [0.15, 0.2) is 0 Å². The third-order valence-corrected chi connectivity index (χ3v) is 9.26. The van der Waals surface area contributed by atoms with E-state index < -0.39 is 46.3 Å². The lowest BCUT2D eigenvalue weighted by molar-refractivity contribution is -0.182. The Balaban J connectivity index is 1.84. The van der Waals surface area contributed by atoms with Crippen molar-refractivity contribution in [3.8, 4) is 0 Å². The van der Waals surface area contributed by atoms with Crippen molar-refractivity contribution in [2.75, 3.05) is 0 Å². The van der Waals surface area contributed by atoms with Gasteiger partial charge in [0.1, 0.15) is 11.7 Å². The molecule has 2 bridgehead atoms. The minimum atomic E-state index is -1.52. The van der Waals surface area contributed by atoms with Crippen LogP contribution in [0.2, 0.25) is 0 Å². The summed E-state index contributed by atoms with van der Waals surface area (Å²) in [6.45, 7) is 11.5. The van der Waals surface area contributed by atoms with Crippen molar-refractivity contribution in [2.45, 2.75) is 95.7 Å². The Morgan fingerprint density at radius 2 is 1.79 bits per heavy atom. The van der Waals surface area contributed by atoms with E-state index in [4.69, 9.17) is 4.74 Å². The largest absolute Gasteiger partial charge is 0.461 e. The average molecular weight is 409 g/mol. The molecule has 1 spiro atoms. The molecule has 0 aromatic heterocycles. The monoisotopic (exact) mass is 408 g/mol. The highest BCUT2D eigenvalue weighted by atomic mass is 16.5. The number of aliphatic hydroxyl groups is 4. The molecule has 9 atom stereocenters. The minimum Gasteiger partial charge on any atom is -0.461 e. The van der Waals surface area contributed by atoms with Gasteiger partial charge >= 0.3 is 5.97 Å². The van der Waals surface area contributed by atoms with E-state index in [-0.39, 0.29) is 30.6 Å². The minimum absolute atomic E-state index is 0.0860. The van der Waals surface area contributed by atoms with E-state index in [1.165, 1.54) is 0 Å². The van der Waals surface area contributed by atoms with Crippen LogP contribution >= 0.6 is 0 Å². The first-order chi connectivity index (χ1) is 13.3. The predicted molar refractivity (Wildman–Crippen MR) is 107 cm³/mol. The quantitative estimate of drug-likeness (QED) is 0.411. The van der Waals surface area contributed by atoms with Crippen LogP contribution in [0, 0.1) is 28.6 Å². The molecule has 4 aliphatic rings.